The number of nitrogens with zero attached hydrogens (tertiary/aromatic N) is 1. The summed E-state index contributed by atoms with van der Waals surface area (Å²) in [5.41, 5.74) is 0.426. The first-order valence-corrected chi connectivity index (χ1v) is 9.50. The number of hydrogen-bond donors (Lipinski definition) is 2. The van der Waals surface area contributed by atoms with Crippen LogP contribution in [-0.4, -0.2) is 36.6 Å². The van der Waals surface area contributed by atoms with E-state index in [0.29, 0.717) is 11.6 Å². The summed E-state index contributed by atoms with van der Waals surface area (Å²) in [6.07, 6.45) is -2.14. The van der Waals surface area contributed by atoms with Gasteiger partial charge in [-0.2, -0.15) is 13.2 Å². The minimum absolute atomic E-state index is 0.0482. The zero-order valence-electron chi connectivity index (χ0n) is 14.1. The van der Waals surface area contributed by atoms with Gasteiger partial charge in [0.15, 0.2) is 0 Å². The molecular weight excluding hydrogens is 371 g/mol. The molecule has 2 unspecified atom stereocenters. The Morgan fingerprint density at radius 3 is 2.76 bits per heavy atom. The van der Waals surface area contributed by atoms with Gasteiger partial charge in [-0.05, 0) is 51.1 Å². The molecule has 3 nitrogen and oxygen atoms in total. The largest absolute Gasteiger partial charge is 0.417 e. The number of nitrogens with one attached hydrogen (secondary N) is 2. The van der Waals surface area contributed by atoms with Crippen LogP contribution in [0.2, 0.25) is 5.02 Å². The van der Waals surface area contributed by atoms with Gasteiger partial charge >= 0.3 is 6.18 Å². The third-order valence-corrected chi connectivity index (χ3v) is 6.21. The van der Waals surface area contributed by atoms with Crippen molar-refractivity contribution in [2.75, 3.05) is 20.1 Å². The normalized spacial score (nSPS) is 24.9. The second-order valence-electron chi connectivity index (χ2n) is 6.38. The van der Waals surface area contributed by atoms with E-state index in [2.05, 4.69) is 22.5 Å². The highest BCUT2D eigenvalue weighted by Gasteiger charge is 2.35. The average Bonchev–Trinajstić information content (AvgIpc) is 3.14. The summed E-state index contributed by atoms with van der Waals surface area (Å²) in [6.45, 7) is 3.97. The Labute approximate surface area is 155 Å². The molecule has 0 saturated carbocycles. The first kappa shape index (κ1) is 18.9. The summed E-state index contributed by atoms with van der Waals surface area (Å²) in [6, 6.07) is 4.60. The van der Waals surface area contributed by atoms with Gasteiger partial charge in [-0.25, -0.2) is 0 Å². The molecule has 2 heterocycles. The van der Waals surface area contributed by atoms with Gasteiger partial charge in [-0.1, -0.05) is 29.4 Å². The predicted octanol–water partition coefficient (Wildman–Crippen LogP) is 4.35. The van der Waals surface area contributed by atoms with Gasteiger partial charge in [-0.15, -0.1) is 0 Å². The lowest BCUT2D eigenvalue weighted by molar-refractivity contribution is -0.137. The summed E-state index contributed by atoms with van der Waals surface area (Å²) in [4.78, 5) is 3.44. The van der Waals surface area contributed by atoms with Crippen LogP contribution in [0, 0.1) is 0 Å². The SMILES string of the molecule is CNC1NC(c2ccc(Cl)c(C(F)(F)F)c2)=C(CN2CCCC2C)S1. The summed E-state index contributed by atoms with van der Waals surface area (Å²) >= 11 is 7.38. The molecule has 8 heteroatoms. The molecule has 0 aliphatic carbocycles. The van der Waals surface area contributed by atoms with Crippen molar-refractivity contribution >= 4 is 29.1 Å². The highest BCUT2D eigenvalue weighted by molar-refractivity contribution is 8.04. The molecule has 2 aliphatic rings. The van der Waals surface area contributed by atoms with E-state index in [9.17, 15) is 13.2 Å². The van der Waals surface area contributed by atoms with E-state index in [-0.39, 0.29) is 10.5 Å². The van der Waals surface area contributed by atoms with E-state index in [4.69, 9.17) is 11.6 Å². The predicted molar refractivity (Wildman–Crippen MR) is 97.2 cm³/mol. The fourth-order valence-corrected chi connectivity index (χ4v) is 4.58. The van der Waals surface area contributed by atoms with Crippen molar-refractivity contribution in [2.45, 2.75) is 37.5 Å². The first-order valence-electron chi connectivity index (χ1n) is 8.24. The number of hydrogen-bond acceptors (Lipinski definition) is 4. The molecule has 0 bridgehead atoms. The second-order valence-corrected chi connectivity index (χ2v) is 7.99. The van der Waals surface area contributed by atoms with Crippen molar-refractivity contribution in [2.24, 2.45) is 0 Å². The van der Waals surface area contributed by atoms with Crippen LogP contribution in [0.15, 0.2) is 23.1 Å². The fraction of sp³-hybridized carbons (Fsp3) is 0.529. The van der Waals surface area contributed by atoms with Crippen LogP contribution in [-0.2, 0) is 6.18 Å². The van der Waals surface area contributed by atoms with Crippen molar-refractivity contribution in [1.82, 2.24) is 15.5 Å². The van der Waals surface area contributed by atoms with Crippen LogP contribution in [0.5, 0.6) is 0 Å². The van der Waals surface area contributed by atoms with Crippen molar-refractivity contribution in [3.63, 3.8) is 0 Å². The maximum absolute atomic E-state index is 13.2. The Bertz CT molecular complexity index is 678. The molecule has 0 spiro atoms. The number of benzene rings is 1. The molecular formula is C17H21ClF3N3S. The maximum Gasteiger partial charge on any atom is 0.417 e. The van der Waals surface area contributed by atoms with E-state index in [0.717, 1.165) is 42.6 Å². The van der Waals surface area contributed by atoms with Crippen LogP contribution in [0.1, 0.15) is 30.9 Å². The van der Waals surface area contributed by atoms with Crippen molar-refractivity contribution in [3.8, 4) is 0 Å². The zero-order chi connectivity index (χ0) is 18.2. The second kappa shape index (κ2) is 7.39. The van der Waals surface area contributed by atoms with Crippen LogP contribution in [0.4, 0.5) is 13.2 Å². The van der Waals surface area contributed by atoms with Gasteiger partial charge in [-0.3, -0.25) is 10.2 Å². The van der Waals surface area contributed by atoms with Gasteiger partial charge < -0.3 is 5.32 Å². The third kappa shape index (κ3) is 4.10. The molecule has 138 valence electrons. The van der Waals surface area contributed by atoms with Crippen molar-refractivity contribution in [1.29, 1.82) is 0 Å². The van der Waals surface area contributed by atoms with Crippen LogP contribution < -0.4 is 10.6 Å². The molecule has 0 aromatic heterocycles. The molecule has 2 aliphatic heterocycles. The number of likely N-dealkylation sites (tertiary alicyclic amines) is 1. The summed E-state index contributed by atoms with van der Waals surface area (Å²) in [5, 5.41) is 6.14. The first-order chi connectivity index (χ1) is 11.8. The molecule has 25 heavy (non-hydrogen) atoms. The molecule has 1 aromatic rings. The van der Waals surface area contributed by atoms with Gasteiger partial charge in [0.25, 0.3) is 0 Å². The molecule has 0 radical (unpaired) electrons. The number of halogens is 4. The van der Waals surface area contributed by atoms with Crippen LogP contribution >= 0.6 is 23.4 Å². The maximum atomic E-state index is 13.2. The Kier molecular flexibility index (Phi) is 5.58. The van der Waals surface area contributed by atoms with Crippen LogP contribution in [0.3, 0.4) is 0 Å². The van der Waals surface area contributed by atoms with Gasteiger partial charge in [0.1, 0.15) is 5.50 Å². The fourth-order valence-electron chi connectivity index (χ4n) is 3.24. The summed E-state index contributed by atoms with van der Waals surface area (Å²) in [5.74, 6) is 0. The third-order valence-electron chi connectivity index (χ3n) is 4.67. The molecule has 1 aromatic carbocycles. The van der Waals surface area contributed by atoms with E-state index in [1.807, 2.05) is 7.05 Å². The summed E-state index contributed by atoms with van der Waals surface area (Å²) < 4.78 is 39.6. The average molecular weight is 392 g/mol. The number of thioether (sulfide) groups is 1. The highest BCUT2D eigenvalue weighted by atomic mass is 35.5. The quantitative estimate of drug-likeness (QED) is 0.797. The smallest absolute Gasteiger partial charge is 0.360 e. The van der Waals surface area contributed by atoms with Gasteiger partial charge in [0, 0.05) is 17.5 Å². The molecule has 1 saturated heterocycles. The van der Waals surface area contributed by atoms with E-state index in [1.165, 1.54) is 6.07 Å². The molecule has 2 N–H and O–H groups in total. The van der Waals surface area contributed by atoms with Crippen molar-refractivity contribution in [3.05, 3.63) is 39.3 Å². The highest BCUT2D eigenvalue weighted by Crippen LogP contribution is 2.40. The zero-order valence-corrected chi connectivity index (χ0v) is 15.7. The molecule has 3 rings (SSSR count). The Hall–Kier alpha value is -0.890. The number of rotatable bonds is 4. The van der Waals surface area contributed by atoms with E-state index >= 15 is 0 Å². The van der Waals surface area contributed by atoms with E-state index < -0.39 is 11.7 Å². The Morgan fingerprint density at radius 2 is 2.16 bits per heavy atom. The topological polar surface area (TPSA) is 27.3 Å². The lowest BCUT2D eigenvalue weighted by Crippen LogP contribution is -2.32. The Morgan fingerprint density at radius 1 is 1.40 bits per heavy atom. The van der Waals surface area contributed by atoms with E-state index in [1.54, 1.807) is 17.8 Å². The number of alkyl halides is 3. The minimum atomic E-state index is -4.47. The van der Waals surface area contributed by atoms with Gasteiger partial charge in [0.05, 0.1) is 16.3 Å². The minimum Gasteiger partial charge on any atom is -0.360 e. The monoisotopic (exact) mass is 391 g/mol. The lowest BCUT2D eigenvalue weighted by atomic mass is 10.1. The van der Waals surface area contributed by atoms with Crippen molar-refractivity contribution < 1.29 is 13.2 Å². The van der Waals surface area contributed by atoms with Crippen LogP contribution in [0.25, 0.3) is 5.70 Å². The molecule has 1 fully saturated rings. The Balaban J connectivity index is 1.94. The molecule has 2 atom stereocenters. The molecule has 0 amide bonds. The van der Waals surface area contributed by atoms with Gasteiger partial charge in [0.2, 0.25) is 0 Å². The standard InChI is InChI=1S/C17H21ClF3N3S/c1-10-4-3-7-24(10)9-14-15(23-16(22-2)25-14)11-5-6-13(18)12(8-11)17(19,20)21/h5-6,8,10,16,22-23H,3-4,7,9H2,1-2H3. The lowest BCUT2D eigenvalue weighted by Gasteiger charge is -2.22. The summed E-state index contributed by atoms with van der Waals surface area (Å²) in [7, 11) is 1.83.